The van der Waals surface area contributed by atoms with Crippen LogP contribution in [0.3, 0.4) is 0 Å². The number of hydrogen-bond donors (Lipinski definition) is 2. The lowest BCUT2D eigenvalue weighted by Crippen LogP contribution is -2.50. The summed E-state index contributed by atoms with van der Waals surface area (Å²) in [5, 5.41) is 18.7. The number of phenolic OH excluding ortho intramolecular Hbond substituents is 2. The van der Waals surface area contributed by atoms with Gasteiger partial charge >= 0.3 is 0 Å². The zero-order chi connectivity index (χ0) is 14.9. The average molecular weight is 300 g/mol. The first-order valence-corrected chi connectivity index (χ1v) is 7.89. The SMILES string of the molecule is CS(=O)(=O)N1CCN(C(=O)c2cc(O)cc(O)c2)CC1. The lowest BCUT2D eigenvalue weighted by molar-refractivity contribution is 0.0697. The van der Waals surface area contributed by atoms with E-state index in [0.717, 1.165) is 12.3 Å². The molecule has 8 heteroatoms. The van der Waals surface area contributed by atoms with Crippen LogP contribution in [0.4, 0.5) is 0 Å². The highest BCUT2D eigenvalue weighted by Gasteiger charge is 2.26. The topological polar surface area (TPSA) is 98.2 Å². The first-order valence-electron chi connectivity index (χ1n) is 6.05. The minimum Gasteiger partial charge on any atom is -0.508 e. The molecule has 2 N–H and O–H groups in total. The van der Waals surface area contributed by atoms with Gasteiger partial charge in [-0.25, -0.2) is 8.42 Å². The molecule has 110 valence electrons. The van der Waals surface area contributed by atoms with Gasteiger partial charge in [-0.3, -0.25) is 4.79 Å². The van der Waals surface area contributed by atoms with Crippen LogP contribution in [0.15, 0.2) is 18.2 Å². The van der Waals surface area contributed by atoms with Gasteiger partial charge in [0.15, 0.2) is 0 Å². The van der Waals surface area contributed by atoms with Crippen molar-refractivity contribution in [3.8, 4) is 11.5 Å². The molecule has 20 heavy (non-hydrogen) atoms. The van der Waals surface area contributed by atoms with Crippen molar-refractivity contribution >= 4 is 15.9 Å². The summed E-state index contributed by atoms with van der Waals surface area (Å²) in [5.41, 5.74) is 0.176. The van der Waals surface area contributed by atoms with Crippen molar-refractivity contribution in [1.82, 2.24) is 9.21 Å². The van der Waals surface area contributed by atoms with Gasteiger partial charge in [-0.05, 0) is 12.1 Å². The first-order chi connectivity index (χ1) is 9.27. The van der Waals surface area contributed by atoms with Crippen molar-refractivity contribution in [3.63, 3.8) is 0 Å². The lowest BCUT2D eigenvalue weighted by atomic mass is 10.1. The minimum atomic E-state index is -3.24. The van der Waals surface area contributed by atoms with E-state index in [1.165, 1.54) is 21.3 Å². The summed E-state index contributed by atoms with van der Waals surface area (Å²) in [5.74, 6) is -0.726. The van der Waals surface area contributed by atoms with Crippen LogP contribution in [0.5, 0.6) is 11.5 Å². The van der Waals surface area contributed by atoms with Crippen molar-refractivity contribution < 1.29 is 23.4 Å². The quantitative estimate of drug-likeness (QED) is 0.789. The second-order valence-corrected chi connectivity index (χ2v) is 6.67. The second kappa shape index (κ2) is 5.29. The molecule has 0 spiro atoms. The van der Waals surface area contributed by atoms with E-state index < -0.39 is 10.0 Å². The Labute approximate surface area is 117 Å². The van der Waals surface area contributed by atoms with Crippen LogP contribution >= 0.6 is 0 Å². The Morgan fingerprint density at radius 3 is 2.00 bits per heavy atom. The molecule has 2 rings (SSSR count). The van der Waals surface area contributed by atoms with Crippen molar-refractivity contribution in [3.05, 3.63) is 23.8 Å². The van der Waals surface area contributed by atoms with E-state index in [1.807, 2.05) is 0 Å². The van der Waals surface area contributed by atoms with Crippen molar-refractivity contribution in [1.29, 1.82) is 0 Å². The van der Waals surface area contributed by atoms with Gasteiger partial charge in [0.1, 0.15) is 11.5 Å². The average Bonchev–Trinajstić information content (AvgIpc) is 2.36. The fraction of sp³-hybridized carbons (Fsp3) is 0.417. The van der Waals surface area contributed by atoms with Crippen LogP contribution in [0.25, 0.3) is 0 Å². The van der Waals surface area contributed by atoms with E-state index in [4.69, 9.17) is 0 Å². The van der Waals surface area contributed by atoms with Gasteiger partial charge < -0.3 is 15.1 Å². The zero-order valence-corrected chi connectivity index (χ0v) is 11.8. The summed E-state index contributed by atoms with van der Waals surface area (Å²) in [4.78, 5) is 13.7. The van der Waals surface area contributed by atoms with Gasteiger partial charge in [0.25, 0.3) is 5.91 Å². The predicted octanol–water partition coefficient (Wildman–Crippen LogP) is -0.185. The Bertz CT molecular complexity index is 600. The van der Waals surface area contributed by atoms with E-state index in [1.54, 1.807) is 0 Å². The Morgan fingerprint density at radius 2 is 1.55 bits per heavy atom. The maximum Gasteiger partial charge on any atom is 0.254 e. The maximum absolute atomic E-state index is 12.2. The Morgan fingerprint density at radius 1 is 1.05 bits per heavy atom. The molecule has 0 bridgehead atoms. The Hall–Kier alpha value is -1.80. The van der Waals surface area contributed by atoms with E-state index in [-0.39, 0.29) is 49.1 Å². The van der Waals surface area contributed by atoms with Crippen LogP contribution in [-0.2, 0) is 10.0 Å². The Balaban J connectivity index is 2.09. The van der Waals surface area contributed by atoms with Crippen molar-refractivity contribution in [2.75, 3.05) is 32.4 Å². The number of carbonyl (C=O) groups excluding carboxylic acids is 1. The molecule has 1 aliphatic heterocycles. The van der Waals surface area contributed by atoms with Gasteiger partial charge in [0.2, 0.25) is 10.0 Å². The number of aromatic hydroxyl groups is 2. The smallest absolute Gasteiger partial charge is 0.254 e. The first kappa shape index (κ1) is 14.6. The lowest BCUT2D eigenvalue weighted by Gasteiger charge is -2.33. The van der Waals surface area contributed by atoms with Gasteiger partial charge in [-0.2, -0.15) is 4.31 Å². The third kappa shape index (κ3) is 3.20. The number of benzene rings is 1. The molecule has 1 aliphatic rings. The molecule has 0 saturated carbocycles. The van der Waals surface area contributed by atoms with Crippen molar-refractivity contribution in [2.45, 2.75) is 0 Å². The molecule has 7 nitrogen and oxygen atoms in total. The van der Waals surface area contributed by atoms with Crippen LogP contribution in [0.1, 0.15) is 10.4 Å². The standard InChI is InChI=1S/C12H16N2O5S/c1-20(18,19)14-4-2-13(3-5-14)12(17)9-6-10(15)8-11(16)7-9/h6-8,15-16H,2-5H2,1H3. The number of nitrogens with zero attached hydrogens (tertiary/aromatic N) is 2. The van der Waals surface area contributed by atoms with E-state index in [9.17, 15) is 23.4 Å². The molecule has 0 unspecified atom stereocenters. The third-order valence-electron chi connectivity index (χ3n) is 3.14. The van der Waals surface area contributed by atoms with Crippen LogP contribution in [-0.4, -0.2) is 66.2 Å². The fourth-order valence-corrected chi connectivity index (χ4v) is 2.95. The number of rotatable bonds is 2. The minimum absolute atomic E-state index is 0.176. The number of amides is 1. The Kier molecular flexibility index (Phi) is 3.87. The second-order valence-electron chi connectivity index (χ2n) is 4.69. The fourth-order valence-electron chi connectivity index (χ4n) is 2.12. The normalized spacial score (nSPS) is 17.1. The third-order valence-corrected chi connectivity index (χ3v) is 4.45. The van der Waals surface area contributed by atoms with Crippen molar-refractivity contribution in [2.24, 2.45) is 0 Å². The summed E-state index contributed by atoms with van der Waals surface area (Å²) in [6, 6.07) is 3.67. The monoisotopic (exact) mass is 300 g/mol. The predicted molar refractivity (Wildman–Crippen MR) is 72.1 cm³/mol. The van der Waals surface area contributed by atoms with Gasteiger partial charge in [0.05, 0.1) is 6.26 Å². The zero-order valence-electron chi connectivity index (χ0n) is 11.0. The van der Waals surface area contributed by atoms with E-state index >= 15 is 0 Å². The number of phenols is 2. The van der Waals surface area contributed by atoms with E-state index in [2.05, 4.69) is 0 Å². The molecule has 0 aromatic heterocycles. The van der Waals surface area contributed by atoms with Gasteiger partial charge in [0, 0.05) is 37.8 Å². The summed E-state index contributed by atoms with van der Waals surface area (Å²) >= 11 is 0. The van der Waals surface area contributed by atoms with Crippen LogP contribution < -0.4 is 0 Å². The summed E-state index contributed by atoms with van der Waals surface area (Å²) < 4.78 is 24.1. The molecule has 0 radical (unpaired) electrons. The van der Waals surface area contributed by atoms with E-state index in [0.29, 0.717) is 0 Å². The molecular weight excluding hydrogens is 284 g/mol. The maximum atomic E-state index is 12.2. The highest BCUT2D eigenvalue weighted by molar-refractivity contribution is 7.88. The molecule has 1 amide bonds. The molecular formula is C12H16N2O5S. The van der Waals surface area contributed by atoms with Crippen LogP contribution in [0, 0.1) is 0 Å². The number of hydrogen-bond acceptors (Lipinski definition) is 5. The molecule has 0 atom stereocenters. The van der Waals surface area contributed by atoms with Crippen LogP contribution in [0.2, 0.25) is 0 Å². The number of carbonyl (C=O) groups is 1. The van der Waals surface area contributed by atoms with Gasteiger partial charge in [-0.1, -0.05) is 0 Å². The molecule has 1 aromatic carbocycles. The molecule has 1 fully saturated rings. The molecule has 1 heterocycles. The largest absolute Gasteiger partial charge is 0.508 e. The van der Waals surface area contributed by atoms with Gasteiger partial charge in [-0.15, -0.1) is 0 Å². The number of sulfonamides is 1. The molecule has 0 aliphatic carbocycles. The summed E-state index contributed by atoms with van der Waals surface area (Å²) in [6.07, 6.45) is 1.14. The number of piperazine rings is 1. The summed E-state index contributed by atoms with van der Waals surface area (Å²) in [7, 11) is -3.24. The highest BCUT2D eigenvalue weighted by atomic mass is 32.2. The highest BCUT2D eigenvalue weighted by Crippen LogP contribution is 2.22. The molecule has 1 saturated heterocycles. The summed E-state index contributed by atoms with van der Waals surface area (Å²) in [6.45, 7) is 1.05. The molecule has 1 aromatic rings.